The zero-order valence-corrected chi connectivity index (χ0v) is 10.9. The Morgan fingerprint density at radius 2 is 1.89 bits per heavy atom. The van der Waals surface area contributed by atoms with Crippen molar-refractivity contribution in [1.29, 1.82) is 0 Å². The summed E-state index contributed by atoms with van der Waals surface area (Å²) >= 11 is 0. The summed E-state index contributed by atoms with van der Waals surface area (Å²) in [6.07, 6.45) is 0. The molecule has 1 amide bonds. The highest BCUT2D eigenvalue weighted by Crippen LogP contribution is 2.20. The van der Waals surface area contributed by atoms with Gasteiger partial charge in [-0.1, -0.05) is 18.2 Å². The molecule has 0 saturated heterocycles. The molecule has 0 aliphatic heterocycles. The van der Waals surface area contributed by atoms with Gasteiger partial charge in [0.1, 0.15) is 5.82 Å². The molecule has 2 aromatic rings. The van der Waals surface area contributed by atoms with Crippen LogP contribution in [-0.4, -0.2) is 20.0 Å². The summed E-state index contributed by atoms with van der Waals surface area (Å²) in [5.41, 5.74) is 1.82. The lowest BCUT2D eigenvalue weighted by atomic mass is 10.1. The number of hydrogen-bond acceptors (Lipinski definition) is 2. The fourth-order valence-electron chi connectivity index (χ4n) is 1.87. The van der Waals surface area contributed by atoms with Crippen LogP contribution < -0.4 is 10.2 Å². The molecule has 0 unspecified atom stereocenters. The van der Waals surface area contributed by atoms with E-state index < -0.39 is 0 Å². The summed E-state index contributed by atoms with van der Waals surface area (Å²) in [5, 5.41) is 2.97. The fourth-order valence-corrected chi connectivity index (χ4v) is 1.87. The van der Waals surface area contributed by atoms with Crippen LogP contribution in [0, 0.1) is 5.82 Å². The lowest BCUT2D eigenvalue weighted by molar-refractivity contribution is 0.0994. The molecule has 0 fully saturated rings. The second-order valence-electron chi connectivity index (χ2n) is 4.14. The normalized spacial score (nSPS) is 10.1. The zero-order valence-electron chi connectivity index (χ0n) is 10.9. The van der Waals surface area contributed by atoms with Crippen LogP contribution in [0.1, 0.15) is 10.4 Å². The minimum absolute atomic E-state index is 0.185. The van der Waals surface area contributed by atoms with Crippen LogP contribution in [0.5, 0.6) is 0 Å². The third-order valence-corrected chi connectivity index (χ3v) is 2.93. The highest BCUT2D eigenvalue weighted by molar-refractivity contribution is 6.09. The number of hydrogen-bond donors (Lipinski definition) is 1. The highest BCUT2D eigenvalue weighted by atomic mass is 19.1. The molecule has 3 nitrogen and oxygen atoms in total. The number of carbonyl (C=O) groups excluding carboxylic acids is 1. The molecule has 0 aromatic heterocycles. The van der Waals surface area contributed by atoms with Gasteiger partial charge < -0.3 is 10.2 Å². The number of anilines is 2. The number of benzene rings is 2. The Balaban J connectivity index is 2.33. The summed E-state index contributed by atoms with van der Waals surface area (Å²) in [6.45, 7) is 0. The SMILES string of the molecule is CNc1ccccc1C(=O)N(C)c1cccc(F)c1. The summed E-state index contributed by atoms with van der Waals surface area (Å²) in [6, 6.07) is 13.2. The van der Waals surface area contributed by atoms with Gasteiger partial charge in [-0.15, -0.1) is 0 Å². The van der Waals surface area contributed by atoms with Crippen LogP contribution in [0.25, 0.3) is 0 Å². The Labute approximate surface area is 111 Å². The quantitative estimate of drug-likeness (QED) is 0.917. The summed E-state index contributed by atoms with van der Waals surface area (Å²) in [4.78, 5) is 13.8. The minimum Gasteiger partial charge on any atom is -0.387 e. The first kappa shape index (κ1) is 13.1. The van der Waals surface area contributed by atoms with Gasteiger partial charge in [-0.2, -0.15) is 0 Å². The van der Waals surface area contributed by atoms with Crippen molar-refractivity contribution in [2.45, 2.75) is 0 Å². The molecule has 2 aromatic carbocycles. The molecule has 0 bridgehead atoms. The van der Waals surface area contributed by atoms with Crippen LogP contribution in [0.2, 0.25) is 0 Å². The van der Waals surface area contributed by atoms with Gasteiger partial charge in [0.05, 0.1) is 5.56 Å². The molecule has 98 valence electrons. The van der Waals surface area contributed by atoms with Crippen molar-refractivity contribution in [3.63, 3.8) is 0 Å². The molecule has 0 saturated carbocycles. The van der Waals surface area contributed by atoms with Gasteiger partial charge in [0.2, 0.25) is 0 Å². The predicted octanol–water partition coefficient (Wildman–Crippen LogP) is 3.14. The van der Waals surface area contributed by atoms with Crippen molar-refractivity contribution in [1.82, 2.24) is 0 Å². The van der Waals surface area contributed by atoms with E-state index in [0.717, 1.165) is 5.69 Å². The molecule has 0 atom stereocenters. The summed E-state index contributed by atoms with van der Waals surface area (Å²) in [5.74, 6) is -0.547. The van der Waals surface area contributed by atoms with E-state index >= 15 is 0 Å². The van der Waals surface area contributed by atoms with Gasteiger partial charge in [-0.25, -0.2) is 4.39 Å². The maximum Gasteiger partial charge on any atom is 0.260 e. The van der Waals surface area contributed by atoms with Crippen LogP contribution in [-0.2, 0) is 0 Å². The summed E-state index contributed by atoms with van der Waals surface area (Å²) in [7, 11) is 3.39. The third-order valence-electron chi connectivity index (χ3n) is 2.93. The van der Waals surface area contributed by atoms with Gasteiger partial charge in [0.15, 0.2) is 0 Å². The number of nitrogens with one attached hydrogen (secondary N) is 1. The zero-order chi connectivity index (χ0) is 13.8. The van der Waals surface area contributed by atoms with Gasteiger partial charge in [-0.3, -0.25) is 4.79 Å². The molecule has 0 heterocycles. The van der Waals surface area contributed by atoms with Crippen molar-refractivity contribution >= 4 is 17.3 Å². The number of amides is 1. The number of para-hydroxylation sites is 1. The van der Waals surface area contributed by atoms with E-state index in [9.17, 15) is 9.18 Å². The van der Waals surface area contributed by atoms with Crippen LogP contribution in [0.3, 0.4) is 0 Å². The highest BCUT2D eigenvalue weighted by Gasteiger charge is 2.16. The van der Waals surface area contributed by atoms with E-state index in [1.54, 1.807) is 38.4 Å². The Hall–Kier alpha value is -2.36. The molecular formula is C15H15FN2O. The Morgan fingerprint density at radius 1 is 1.16 bits per heavy atom. The first-order valence-electron chi connectivity index (χ1n) is 5.94. The molecule has 1 N–H and O–H groups in total. The Bertz CT molecular complexity index is 598. The first-order valence-corrected chi connectivity index (χ1v) is 5.94. The van der Waals surface area contributed by atoms with Gasteiger partial charge in [-0.05, 0) is 30.3 Å². The fraction of sp³-hybridized carbons (Fsp3) is 0.133. The average Bonchev–Trinajstić information content (AvgIpc) is 2.45. The minimum atomic E-state index is -0.362. The van der Waals surface area contributed by atoms with E-state index in [-0.39, 0.29) is 11.7 Å². The van der Waals surface area contributed by atoms with Gasteiger partial charge in [0, 0.05) is 25.5 Å². The van der Waals surface area contributed by atoms with Crippen molar-refractivity contribution in [3.05, 3.63) is 59.9 Å². The van der Waals surface area contributed by atoms with Crippen molar-refractivity contribution < 1.29 is 9.18 Å². The largest absolute Gasteiger partial charge is 0.387 e. The topological polar surface area (TPSA) is 32.3 Å². The number of nitrogens with zero attached hydrogens (tertiary/aromatic N) is 1. The monoisotopic (exact) mass is 258 g/mol. The molecule has 0 radical (unpaired) electrons. The standard InChI is InChI=1S/C15H15FN2O/c1-17-14-9-4-3-8-13(14)15(19)18(2)12-7-5-6-11(16)10-12/h3-10,17H,1-2H3. The lowest BCUT2D eigenvalue weighted by Crippen LogP contribution is -2.27. The average molecular weight is 258 g/mol. The second-order valence-corrected chi connectivity index (χ2v) is 4.14. The molecule has 0 spiro atoms. The Kier molecular flexibility index (Phi) is 3.80. The molecule has 2 rings (SSSR count). The number of carbonyl (C=O) groups is 1. The maximum absolute atomic E-state index is 13.2. The predicted molar refractivity (Wildman–Crippen MR) is 75.1 cm³/mol. The number of rotatable bonds is 3. The lowest BCUT2D eigenvalue weighted by Gasteiger charge is -2.19. The van der Waals surface area contributed by atoms with Crippen LogP contribution in [0.4, 0.5) is 15.8 Å². The molecule has 0 aliphatic carbocycles. The molecule has 0 aliphatic rings. The van der Waals surface area contributed by atoms with Crippen molar-refractivity contribution in [2.24, 2.45) is 0 Å². The molecular weight excluding hydrogens is 243 g/mol. The summed E-state index contributed by atoms with van der Waals surface area (Å²) < 4.78 is 13.2. The van der Waals surface area contributed by atoms with E-state index in [4.69, 9.17) is 0 Å². The van der Waals surface area contributed by atoms with Gasteiger partial charge >= 0.3 is 0 Å². The van der Waals surface area contributed by atoms with E-state index in [0.29, 0.717) is 11.3 Å². The first-order chi connectivity index (χ1) is 9.13. The van der Waals surface area contributed by atoms with Crippen molar-refractivity contribution in [3.8, 4) is 0 Å². The van der Waals surface area contributed by atoms with Crippen LogP contribution in [0.15, 0.2) is 48.5 Å². The smallest absolute Gasteiger partial charge is 0.260 e. The van der Waals surface area contributed by atoms with Crippen molar-refractivity contribution in [2.75, 3.05) is 24.3 Å². The van der Waals surface area contributed by atoms with E-state index in [1.165, 1.54) is 17.0 Å². The van der Waals surface area contributed by atoms with Crippen LogP contribution >= 0.6 is 0 Å². The second kappa shape index (κ2) is 5.52. The maximum atomic E-state index is 13.2. The van der Waals surface area contributed by atoms with Gasteiger partial charge in [0.25, 0.3) is 5.91 Å². The molecule has 4 heteroatoms. The van der Waals surface area contributed by atoms with E-state index in [1.807, 2.05) is 12.1 Å². The Morgan fingerprint density at radius 3 is 2.58 bits per heavy atom. The van der Waals surface area contributed by atoms with E-state index in [2.05, 4.69) is 5.32 Å². The molecule has 19 heavy (non-hydrogen) atoms. The third kappa shape index (κ3) is 2.73. The number of halogens is 1.